The topological polar surface area (TPSA) is 131 Å². The van der Waals surface area contributed by atoms with Crippen molar-refractivity contribution in [2.45, 2.75) is 43.4 Å². The molecular formula is C31H33N3O7S. The first-order chi connectivity index (χ1) is 20.2. The number of amides is 3. The number of piperidine rings is 1. The lowest BCUT2D eigenvalue weighted by atomic mass is 10.0. The SMILES string of the molecule is Cc1ccc2cc1OCC(=O)NCc1ccc(cc1)O[C@H]1CCN(C(=O)CCS(=O)(=O)c3ccccc3)C[C@@H]1NC2=O. The van der Waals surface area contributed by atoms with Crippen LogP contribution in [0.1, 0.15) is 34.3 Å². The first kappa shape index (κ1) is 29.1. The van der Waals surface area contributed by atoms with Gasteiger partial charge in [0, 0.05) is 38.0 Å². The Balaban J connectivity index is 1.35. The number of hydrogen-bond donors (Lipinski definition) is 2. The molecule has 3 heterocycles. The van der Waals surface area contributed by atoms with Crippen LogP contribution in [0.2, 0.25) is 0 Å². The summed E-state index contributed by atoms with van der Waals surface area (Å²) in [7, 11) is -3.61. The van der Waals surface area contributed by atoms with Crippen molar-refractivity contribution in [2.24, 2.45) is 0 Å². The molecule has 3 aromatic rings. The van der Waals surface area contributed by atoms with E-state index in [9.17, 15) is 22.8 Å². The number of nitrogens with one attached hydrogen (secondary N) is 2. The number of likely N-dealkylation sites (tertiary alicyclic amines) is 1. The maximum absolute atomic E-state index is 13.4. The zero-order valence-electron chi connectivity index (χ0n) is 23.2. The molecule has 3 aliphatic rings. The van der Waals surface area contributed by atoms with E-state index < -0.39 is 22.0 Å². The number of nitrogens with zero attached hydrogens (tertiary/aromatic N) is 1. The van der Waals surface area contributed by atoms with E-state index in [-0.39, 0.29) is 47.9 Å². The fraction of sp³-hybridized carbons (Fsp3) is 0.323. The lowest BCUT2D eigenvalue weighted by Crippen LogP contribution is -2.58. The summed E-state index contributed by atoms with van der Waals surface area (Å²) in [4.78, 5) is 40.6. The van der Waals surface area contributed by atoms with E-state index in [0.29, 0.717) is 36.6 Å². The second-order valence-corrected chi connectivity index (χ2v) is 12.5. The van der Waals surface area contributed by atoms with Gasteiger partial charge in [0.05, 0.1) is 16.7 Å². The van der Waals surface area contributed by atoms with Gasteiger partial charge in [0.25, 0.3) is 11.8 Å². The molecule has 3 amide bonds. The Morgan fingerprint density at radius 2 is 1.79 bits per heavy atom. The number of carbonyl (C=O) groups is 3. The second kappa shape index (κ2) is 12.6. The number of fused-ring (bicyclic) bond motifs is 7. The molecule has 11 heteroatoms. The van der Waals surface area contributed by atoms with Gasteiger partial charge in [-0.05, 0) is 54.4 Å². The average Bonchev–Trinajstić information content (AvgIpc) is 3.00. The summed E-state index contributed by atoms with van der Waals surface area (Å²) in [5, 5.41) is 5.83. The fourth-order valence-corrected chi connectivity index (χ4v) is 6.22. The molecule has 0 aromatic heterocycles. The highest BCUT2D eigenvalue weighted by molar-refractivity contribution is 7.91. The molecule has 0 aliphatic carbocycles. The highest BCUT2D eigenvalue weighted by Gasteiger charge is 2.35. The zero-order valence-corrected chi connectivity index (χ0v) is 24.1. The van der Waals surface area contributed by atoms with Gasteiger partial charge in [-0.25, -0.2) is 8.42 Å². The van der Waals surface area contributed by atoms with Gasteiger partial charge in [0.1, 0.15) is 17.6 Å². The molecule has 0 unspecified atom stereocenters. The Hall–Kier alpha value is -4.38. The molecule has 6 rings (SSSR count). The van der Waals surface area contributed by atoms with Gasteiger partial charge < -0.3 is 25.0 Å². The van der Waals surface area contributed by atoms with E-state index in [4.69, 9.17) is 9.47 Å². The maximum atomic E-state index is 13.4. The van der Waals surface area contributed by atoms with Gasteiger partial charge in [-0.2, -0.15) is 0 Å². The van der Waals surface area contributed by atoms with Gasteiger partial charge in [-0.15, -0.1) is 0 Å². The Morgan fingerprint density at radius 1 is 1.02 bits per heavy atom. The monoisotopic (exact) mass is 591 g/mol. The van der Waals surface area contributed by atoms with Crippen LogP contribution in [0.4, 0.5) is 0 Å². The summed E-state index contributed by atoms with van der Waals surface area (Å²) in [6, 6.07) is 19.8. The van der Waals surface area contributed by atoms with Crippen molar-refractivity contribution in [1.29, 1.82) is 0 Å². The van der Waals surface area contributed by atoms with Crippen LogP contribution in [0.15, 0.2) is 77.7 Å². The summed E-state index contributed by atoms with van der Waals surface area (Å²) < 4.78 is 37.4. The van der Waals surface area contributed by atoms with Crippen molar-refractivity contribution < 1.29 is 32.3 Å². The molecule has 0 radical (unpaired) electrons. The molecule has 220 valence electrons. The Bertz CT molecular complexity index is 1560. The second-order valence-electron chi connectivity index (χ2n) is 10.4. The molecule has 2 atom stereocenters. The van der Waals surface area contributed by atoms with E-state index in [1.807, 2.05) is 19.1 Å². The number of rotatable bonds is 4. The smallest absolute Gasteiger partial charge is 0.258 e. The first-order valence-electron chi connectivity index (χ1n) is 13.8. The van der Waals surface area contributed by atoms with Crippen LogP contribution < -0.4 is 20.1 Å². The molecule has 4 bridgehead atoms. The van der Waals surface area contributed by atoms with Gasteiger partial charge in [0.2, 0.25) is 5.91 Å². The number of hydrogen-bond acceptors (Lipinski definition) is 7. The third kappa shape index (κ3) is 7.09. The maximum Gasteiger partial charge on any atom is 0.258 e. The summed E-state index contributed by atoms with van der Waals surface area (Å²) in [5.41, 5.74) is 1.99. The molecule has 3 aliphatic heterocycles. The van der Waals surface area contributed by atoms with Gasteiger partial charge in [-0.3, -0.25) is 14.4 Å². The van der Waals surface area contributed by atoms with Crippen LogP contribution in [0, 0.1) is 6.92 Å². The minimum absolute atomic E-state index is 0.159. The molecule has 1 fully saturated rings. The molecule has 2 N–H and O–H groups in total. The lowest BCUT2D eigenvalue weighted by Gasteiger charge is -2.39. The predicted molar refractivity (Wildman–Crippen MR) is 155 cm³/mol. The summed E-state index contributed by atoms with van der Waals surface area (Å²) in [5.74, 6) is -0.283. The molecule has 42 heavy (non-hydrogen) atoms. The van der Waals surface area contributed by atoms with E-state index in [1.165, 1.54) is 12.1 Å². The molecule has 10 nitrogen and oxygen atoms in total. The number of carbonyl (C=O) groups excluding carboxylic acids is 3. The van der Waals surface area contributed by atoms with Gasteiger partial charge in [0.15, 0.2) is 16.4 Å². The molecule has 0 saturated carbocycles. The average molecular weight is 592 g/mol. The molecular weight excluding hydrogens is 558 g/mol. The number of aryl methyl sites for hydroxylation is 1. The number of benzene rings is 3. The number of sulfone groups is 1. The third-order valence-corrected chi connectivity index (χ3v) is 9.15. The van der Waals surface area contributed by atoms with Crippen LogP contribution >= 0.6 is 0 Å². The largest absolute Gasteiger partial charge is 0.488 e. The summed E-state index contributed by atoms with van der Waals surface area (Å²) in [6.07, 6.45) is -0.174. The minimum Gasteiger partial charge on any atom is -0.488 e. The first-order valence-corrected chi connectivity index (χ1v) is 15.5. The normalized spacial score (nSPS) is 19.4. The lowest BCUT2D eigenvalue weighted by molar-refractivity contribution is -0.133. The van der Waals surface area contributed by atoms with E-state index in [0.717, 1.165) is 11.1 Å². The van der Waals surface area contributed by atoms with Gasteiger partial charge >= 0.3 is 0 Å². The van der Waals surface area contributed by atoms with Crippen molar-refractivity contribution >= 4 is 27.6 Å². The third-order valence-electron chi connectivity index (χ3n) is 7.42. The highest BCUT2D eigenvalue weighted by Crippen LogP contribution is 2.24. The predicted octanol–water partition coefficient (Wildman–Crippen LogP) is 2.65. The highest BCUT2D eigenvalue weighted by atomic mass is 32.2. The molecule has 0 spiro atoms. The van der Waals surface area contributed by atoms with Crippen LogP contribution in [0.25, 0.3) is 0 Å². The Kier molecular flexibility index (Phi) is 8.77. The zero-order chi connectivity index (χ0) is 29.7. The molecule has 1 saturated heterocycles. The quantitative estimate of drug-likeness (QED) is 0.477. The standard InChI is InChI=1S/C31H33N3O7S/c1-21-7-10-23-17-28(21)40-20-29(35)32-18-22-8-11-24(12-9-22)41-27-13-15-34(19-26(27)33-31(23)37)30(36)14-16-42(38,39)25-5-3-2-4-6-25/h2-12,17,26-27H,13-16,18-20H2,1H3,(H,32,35)(H,33,37)/t26-,27-/m0/s1. The summed E-state index contributed by atoms with van der Waals surface area (Å²) >= 11 is 0. The van der Waals surface area contributed by atoms with Crippen molar-refractivity contribution in [3.8, 4) is 11.5 Å². The molecule has 3 aromatic carbocycles. The minimum atomic E-state index is -3.61. The van der Waals surface area contributed by atoms with Crippen molar-refractivity contribution in [1.82, 2.24) is 15.5 Å². The van der Waals surface area contributed by atoms with Crippen molar-refractivity contribution in [3.63, 3.8) is 0 Å². The van der Waals surface area contributed by atoms with E-state index >= 15 is 0 Å². The van der Waals surface area contributed by atoms with Gasteiger partial charge in [-0.1, -0.05) is 36.4 Å². The number of ether oxygens (including phenoxy) is 2. The van der Waals surface area contributed by atoms with Crippen molar-refractivity contribution in [3.05, 3.63) is 89.5 Å². The Labute approximate surface area is 244 Å². The summed E-state index contributed by atoms with van der Waals surface area (Å²) in [6.45, 7) is 2.46. The van der Waals surface area contributed by atoms with Crippen LogP contribution in [0.5, 0.6) is 11.5 Å². The van der Waals surface area contributed by atoms with Crippen LogP contribution in [-0.2, 0) is 26.0 Å². The van der Waals surface area contributed by atoms with Crippen LogP contribution in [-0.4, -0.2) is 68.6 Å². The van der Waals surface area contributed by atoms with Crippen molar-refractivity contribution in [2.75, 3.05) is 25.4 Å². The van der Waals surface area contributed by atoms with E-state index in [1.54, 1.807) is 53.4 Å². The van der Waals surface area contributed by atoms with E-state index in [2.05, 4.69) is 10.6 Å². The Morgan fingerprint density at radius 3 is 2.55 bits per heavy atom. The van der Waals surface area contributed by atoms with Crippen LogP contribution in [0.3, 0.4) is 0 Å². The fourth-order valence-electron chi connectivity index (χ4n) is 4.97.